The summed E-state index contributed by atoms with van der Waals surface area (Å²) >= 11 is 5.63. The molecule has 0 bridgehead atoms. The SMILES string of the molecule is Cc1cc(Oc2ccc(NS(=O)(=O)c3ccc(F)c(Cl)c3)c(F)c2)c2cc(F)ccc2n1. The van der Waals surface area contributed by atoms with Gasteiger partial charge in [0.25, 0.3) is 10.0 Å². The summed E-state index contributed by atoms with van der Waals surface area (Å²) in [6.45, 7) is 1.73. The van der Waals surface area contributed by atoms with Crippen LogP contribution >= 0.6 is 11.6 Å². The van der Waals surface area contributed by atoms with Crippen LogP contribution in [-0.2, 0) is 10.0 Å². The lowest BCUT2D eigenvalue weighted by molar-refractivity contribution is 0.481. The fraction of sp³-hybridized carbons (Fsp3) is 0.0455. The molecule has 0 unspecified atom stereocenters. The van der Waals surface area contributed by atoms with Crippen molar-refractivity contribution in [3.05, 3.63) is 88.8 Å². The van der Waals surface area contributed by atoms with Gasteiger partial charge >= 0.3 is 0 Å². The number of nitrogens with one attached hydrogen (secondary N) is 1. The molecule has 0 atom stereocenters. The van der Waals surface area contributed by atoms with E-state index in [9.17, 15) is 21.6 Å². The second kappa shape index (κ2) is 8.33. The number of nitrogens with zero attached hydrogens (tertiary/aromatic N) is 1. The topological polar surface area (TPSA) is 68.3 Å². The molecule has 1 aromatic heterocycles. The first-order valence-electron chi connectivity index (χ1n) is 9.14. The van der Waals surface area contributed by atoms with Crippen molar-refractivity contribution in [2.24, 2.45) is 0 Å². The minimum atomic E-state index is -4.22. The average molecular weight is 479 g/mol. The minimum Gasteiger partial charge on any atom is -0.456 e. The molecular weight excluding hydrogens is 465 g/mol. The van der Waals surface area contributed by atoms with Crippen LogP contribution in [0.25, 0.3) is 10.9 Å². The molecule has 3 aromatic carbocycles. The molecule has 1 N–H and O–H groups in total. The minimum absolute atomic E-state index is 0.0615. The van der Waals surface area contributed by atoms with Crippen LogP contribution < -0.4 is 9.46 Å². The second-order valence-electron chi connectivity index (χ2n) is 6.85. The molecule has 0 aliphatic carbocycles. The third-order valence-corrected chi connectivity index (χ3v) is 6.13. The highest BCUT2D eigenvalue weighted by Crippen LogP contribution is 2.32. The molecule has 0 saturated carbocycles. The summed E-state index contributed by atoms with van der Waals surface area (Å²) in [5.74, 6) is -1.85. The van der Waals surface area contributed by atoms with Gasteiger partial charge in [0.1, 0.15) is 23.1 Å². The van der Waals surface area contributed by atoms with E-state index in [1.807, 2.05) is 0 Å². The smallest absolute Gasteiger partial charge is 0.262 e. The Morgan fingerprint density at radius 3 is 2.44 bits per heavy atom. The fourth-order valence-corrected chi connectivity index (χ4v) is 4.33. The van der Waals surface area contributed by atoms with E-state index < -0.39 is 27.5 Å². The molecule has 4 rings (SSSR count). The number of rotatable bonds is 5. The van der Waals surface area contributed by atoms with Gasteiger partial charge in [-0.3, -0.25) is 9.71 Å². The number of fused-ring (bicyclic) bond motifs is 1. The predicted octanol–water partition coefficient (Wildman–Crippen LogP) is 6.21. The van der Waals surface area contributed by atoms with Crippen molar-refractivity contribution >= 4 is 38.2 Å². The Labute approximate surface area is 186 Å². The summed E-state index contributed by atoms with van der Waals surface area (Å²) in [5, 5.41) is 0.0161. The number of hydrogen-bond acceptors (Lipinski definition) is 4. The van der Waals surface area contributed by atoms with E-state index in [0.717, 1.165) is 24.3 Å². The van der Waals surface area contributed by atoms with Crippen molar-refractivity contribution in [3.63, 3.8) is 0 Å². The number of pyridine rings is 1. The molecule has 1 heterocycles. The maximum Gasteiger partial charge on any atom is 0.262 e. The molecule has 0 aliphatic rings. The number of halogens is 4. The molecule has 5 nitrogen and oxygen atoms in total. The van der Waals surface area contributed by atoms with Gasteiger partial charge in [-0.15, -0.1) is 0 Å². The third-order valence-electron chi connectivity index (χ3n) is 4.47. The van der Waals surface area contributed by atoms with E-state index in [0.29, 0.717) is 16.6 Å². The average Bonchev–Trinajstić information content (AvgIpc) is 2.72. The number of aryl methyl sites for hydroxylation is 1. The molecule has 0 amide bonds. The predicted molar refractivity (Wildman–Crippen MR) is 115 cm³/mol. The van der Waals surface area contributed by atoms with Crippen LogP contribution in [0.4, 0.5) is 18.9 Å². The summed E-state index contributed by atoms with van der Waals surface area (Å²) < 4.78 is 74.4. The second-order valence-corrected chi connectivity index (χ2v) is 8.94. The van der Waals surface area contributed by atoms with Gasteiger partial charge in [-0.05, 0) is 55.5 Å². The van der Waals surface area contributed by atoms with Crippen LogP contribution in [0.15, 0.2) is 65.6 Å². The van der Waals surface area contributed by atoms with Crippen molar-refractivity contribution < 1.29 is 26.3 Å². The summed E-state index contributed by atoms with van der Waals surface area (Å²) in [6, 6.07) is 11.9. The van der Waals surface area contributed by atoms with Crippen LogP contribution in [0.5, 0.6) is 11.5 Å². The molecular formula is C22H14ClF3N2O3S. The lowest BCUT2D eigenvalue weighted by Crippen LogP contribution is -2.14. The zero-order valence-electron chi connectivity index (χ0n) is 16.4. The Morgan fingerprint density at radius 2 is 1.72 bits per heavy atom. The number of benzene rings is 3. The Morgan fingerprint density at radius 1 is 0.938 bits per heavy atom. The largest absolute Gasteiger partial charge is 0.456 e. The summed E-state index contributed by atoms with van der Waals surface area (Å²) in [5.41, 5.74) is 0.769. The standard InChI is InChI=1S/C22H14ClF3N2O3S/c1-12-8-22(16-9-13(24)2-6-20(16)27-12)31-14-3-7-21(19(26)10-14)28-32(29,30)15-4-5-18(25)17(23)11-15/h2-11,28H,1H3. The van der Waals surface area contributed by atoms with E-state index in [4.69, 9.17) is 16.3 Å². The quantitative estimate of drug-likeness (QED) is 0.370. The van der Waals surface area contributed by atoms with Gasteiger partial charge in [-0.1, -0.05) is 11.6 Å². The molecule has 0 radical (unpaired) electrons. The van der Waals surface area contributed by atoms with Gasteiger partial charge in [0, 0.05) is 23.2 Å². The van der Waals surface area contributed by atoms with Crippen LogP contribution in [0.1, 0.15) is 5.69 Å². The lowest BCUT2D eigenvalue weighted by atomic mass is 10.2. The van der Waals surface area contributed by atoms with Gasteiger partial charge in [-0.25, -0.2) is 21.6 Å². The normalized spacial score (nSPS) is 11.5. The Balaban J connectivity index is 1.62. The molecule has 4 aromatic rings. The number of aromatic nitrogens is 1. The number of ether oxygens (including phenoxy) is 1. The molecule has 0 fully saturated rings. The van der Waals surface area contributed by atoms with Crippen LogP contribution in [0, 0.1) is 24.4 Å². The zero-order valence-corrected chi connectivity index (χ0v) is 17.9. The Bertz CT molecular complexity index is 1460. The van der Waals surface area contributed by atoms with Gasteiger partial charge in [-0.2, -0.15) is 0 Å². The maximum absolute atomic E-state index is 14.6. The lowest BCUT2D eigenvalue weighted by Gasteiger charge is -2.13. The monoisotopic (exact) mass is 478 g/mol. The van der Waals surface area contributed by atoms with E-state index in [2.05, 4.69) is 9.71 Å². The molecule has 164 valence electrons. The molecule has 32 heavy (non-hydrogen) atoms. The van der Waals surface area contributed by atoms with Gasteiger partial charge in [0.2, 0.25) is 0 Å². The number of hydrogen-bond donors (Lipinski definition) is 1. The van der Waals surface area contributed by atoms with Crippen LogP contribution in [0.2, 0.25) is 5.02 Å². The third kappa shape index (κ3) is 4.49. The van der Waals surface area contributed by atoms with Crippen molar-refractivity contribution in [1.29, 1.82) is 0 Å². The maximum atomic E-state index is 14.6. The van der Waals surface area contributed by atoms with Gasteiger partial charge in [0.05, 0.1) is 21.1 Å². The molecule has 0 aliphatic heterocycles. The Hall–Kier alpha value is -3.30. The molecule has 10 heteroatoms. The van der Waals surface area contributed by atoms with Crippen molar-refractivity contribution in [1.82, 2.24) is 4.98 Å². The highest BCUT2D eigenvalue weighted by molar-refractivity contribution is 7.92. The molecule has 0 spiro atoms. The van der Waals surface area contributed by atoms with E-state index in [-0.39, 0.29) is 27.1 Å². The van der Waals surface area contributed by atoms with Crippen LogP contribution in [-0.4, -0.2) is 13.4 Å². The summed E-state index contributed by atoms with van der Waals surface area (Å²) in [4.78, 5) is 3.97. The van der Waals surface area contributed by atoms with E-state index >= 15 is 0 Å². The zero-order chi connectivity index (χ0) is 23.0. The van der Waals surface area contributed by atoms with Crippen molar-refractivity contribution in [2.75, 3.05) is 4.72 Å². The van der Waals surface area contributed by atoms with E-state index in [1.165, 1.54) is 30.3 Å². The summed E-state index contributed by atoms with van der Waals surface area (Å²) in [7, 11) is -4.22. The Kier molecular flexibility index (Phi) is 5.70. The number of anilines is 1. The highest BCUT2D eigenvalue weighted by Gasteiger charge is 2.19. The van der Waals surface area contributed by atoms with Crippen LogP contribution in [0.3, 0.4) is 0 Å². The first kappa shape index (κ1) is 21.9. The van der Waals surface area contributed by atoms with E-state index in [1.54, 1.807) is 13.0 Å². The van der Waals surface area contributed by atoms with Gasteiger partial charge in [0.15, 0.2) is 5.82 Å². The first-order valence-corrected chi connectivity index (χ1v) is 11.0. The van der Waals surface area contributed by atoms with Gasteiger partial charge < -0.3 is 4.74 Å². The van der Waals surface area contributed by atoms with Crippen molar-refractivity contribution in [3.8, 4) is 11.5 Å². The first-order chi connectivity index (χ1) is 15.1. The summed E-state index contributed by atoms with van der Waals surface area (Å²) in [6.07, 6.45) is 0. The highest BCUT2D eigenvalue weighted by atomic mass is 35.5. The fourth-order valence-electron chi connectivity index (χ4n) is 2.99. The van der Waals surface area contributed by atoms with Crippen molar-refractivity contribution in [2.45, 2.75) is 11.8 Å². The molecule has 0 saturated heterocycles. The number of sulfonamides is 1.